The van der Waals surface area contributed by atoms with Crippen LogP contribution in [0.1, 0.15) is 30.4 Å². The number of nitrogens with zero attached hydrogens (tertiary/aromatic N) is 1. The molecule has 21 heavy (non-hydrogen) atoms. The SMILES string of the molecule is Cc1ccc(OCCC(=O)N2CCCC2CN)c(C)c1.Cl. The molecular weight excluding hydrogens is 288 g/mol. The van der Waals surface area contributed by atoms with Gasteiger partial charge in [-0.2, -0.15) is 0 Å². The Morgan fingerprint density at radius 1 is 1.43 bits per heavy atom. The van der Waals surface area contributed by atoms with E-state index in [1.807, 2.05) is 24.0 Å². The van der Waals surface area contributed by atoms with Crippen molar-refractivity contribution >= 4 is 18.3 Å². The van der Waals surface area contributed by atoms with Crippen LogP contribution in [-0.4, -0.2) is 36.5 Å². The maximum absolute atomic E-state index is 12.1. The molecule has 1 aliphatic heterocycles. The van der Waals surface area contributed by atoms with Crippen LogP contribution in [0, 0.1) is 13.8 Å². The second-order valence-electron chi connectivity index (χ2n) is 5.49. The highest BCUT2D eigenvalue weighted by atomic mass is 35.5. The minimum absolute atomic E-state index is 0. The van der Waals surface area contributed by atoms with Crippen LogP contribution in [-0.2, 0) is 4.79 Å². The van der Waals surface area contributed by atoms with Crippen molar-refractivity contribution in [3.05, 3.63) is 29.3 Å². The summed E-state index contributed by atoms with van der Waals surface area (Å²) in [6, 6.07) is 6.30. The molecule has 1 aromatic carbocycles. The molecule has 0 bridgehead atoms. The van der Waals surface area contributed by atoms with E-state index in [4.69, 9.17) is 10.5 Å². The first-order valence-electron chi connectivity index (χ1n) is 7.31. The summed E-state index contributed by atoms with van der Waals surface area (Å²) >= 11 is 0. The van der Waals surface area contributed by atoms with E-state index in [1.165, 1.54) is 5.56 Å². The van der Waals surface area contributed by atoms with E-state index in [1.54, 1.807) is 0 Å². The summed E-state index contributed by atoms with van der Waals surface area (Å²) in [5, 5.41) is 0. The number of benzene rings is 1. The van der Waals surface area contributed by atoms with Crippen molar-refractivity contribution in [3.8, 4) is 5.75 Å². The van der Waals surface area contributed by atoms with E-state index in [2.05, 4.69) is 13.0 Å². The van der Waals surface area contributed by atoms with Crippen molar-refractivity contribution < 1.29 is 9.53 Å². The Kier molecular flexibility index (Phi) is 6.99. The fourth-order valence-corrected chi connectivity index (χ4v) is 2.76. The molecule has 1 amide bonds. The highest BCUT2D eigenvalue weighted by molar-refractivity contribution is 5.85. The zero-order valence-corrected chi connectivity index (χ0v) is 13.6. The summed E-state index contributed by atoms with van der Waals surface area (Å²) in [6.07, 6.45) is 2.51. The molecule has 1 aromatic rings. The molecule has 118 valence electrons. The second kappa shape index (κ2) is 8.25. The zero-order chi connectivity index (χ0) is 14.5. The van der Waals surface area contributed by atoms with Crippen molar-refractivity contribution in [3.63, 3.8) is 0 Å². The molecule has 1 aliphatic rings. The second-order valence-corrected chi connectivity index (χ2v) is 5.49. The van der Waals surface area contributed by atoms with Gasteiger partial charge in [-0.1, -0.05) is 17.7 Å². The van der Waals surface area contributed by atoms with Gasteiger partial charge in [0, 0.05) is 19.1 Å². The smallest absolute Gasteiger partial charge is 0.226 e. The van der Waals surface area contributed by atoms with E-state index in [-0.39, 0.29) is 24.4 Å². The maximum atomic E-state index is 12.1. The Morgan fingerprint density at radius 2 is 2.19 bits per heavy atom. The largest absolute Gasteiger partial charge is 0.493 e. The fraction of sp³-hybridized carbons (Fsp3) is 0.562. The van der Waals surface area contributed by atoms with Crippen molar-refractivity contribution in [2.24, 2.45) is 5.73 Å². The number of carbonyl (C=O) groups is 1. The van der Waals surface area contributed by atoms with Crippen LogP contribution < -0.4 is 10.5 Å². The monoisotopic (exact) mass is 312 g/mol. The molecule has 5 heteroatoms. The topological polar surface area (TPSA) is 55.6 Å². The van der Waals surface area contributed by atoms with Gasteiger partial charge in [0.15, 0.2) is 0 Å². The quantitative estimate of drug-likeness (QED) is 0.908. The number of hydrogen-bond donors (Lipinski definition) is 1. The summed E-state index contributed by atoms with van der Waals surface area (Å²) in [5.41, 5.74) is 8.02. The van der Waals surface area contributed by atoms with Crippen LogP contribution in [0.2, 0.25) is 0 Å². The van der Waals surface area contributed by atoms with Crippen LogP contribution in [0.4, 0.5) is 0 Å². The van der Waals surface area contributed by atoms with Gasteiger partial charge < -0.3 is 15.4 Å². The molecule has 1 saturated heterocycles. The molecule has 0 aliphatic carbocycles. The average Bonchev–Trinajstić information content (AvgIpc) is 2.89. The molecule has 0 saturated carbocycles. The Labute approximate surface area is 133 Å². The predicted molar refractivity (Wildman–Crippen MR) is 87.1 cm³/mol. The maximum Gasteiger partial charge on any atom is 0.226 e. The van der Waals surface area contributed by atoms with Crippen LogP contribution in [0.15, 0.2) is 18.2 Å². The van der Waals surface area contributed by atoms with Crippen LogP contribution in [0.3, 0.4) is 0 Å². The first-order chi connectivity index (χ1) is 9.61. The number of halogens is 1. The molecule has 0 aromatic heterocycles. The number of likely N-dealkylation sites (tertiary alicyclic amines) is 1. The van der Waals surface area contributed by atoms with E-state index >= 15 is 0 Å². The summed E-state index contributed by atoms with van der Waals surface area (Å²) in [6.45, 7) is 5.90. The predicted octanol–water partition coefficient (Wildman–Crippen LogP) is 2.44. The third-order valence-corrected chi connectivity index (χ3v) is 3.87. The van der Waals surface area contributed by atoms with Crippen molar-refractivity contribution in [2.75, 3.05) is 19.7 Å². The van der Waals surface area contributed by atoms with Gasteiger partial charge in [-0.05, 0) is 38.3 Å². The molecule has 1 unspecified atom stereocenters. The molecule has 0 radical (unpaired) electrons. The van der Waals surface area contributed by atoms with Crippen LogP contribution in [0.25, 0.3) is 0 Å². The number of rotatable bonds is 5. The third-order valence-electron chi connectivity index (χ3n) is 3.87. The Balaban J connectivity index is 0.00000220. The molecule has 1 fully saturated rings. The van der Waals surface area contributed by atoms with Gasteiger partial charge in [-0.3, -0.25) is 4.79 Å². The van der Waals surface area contributed by atoms with E-state index in [0.29, 0.717) is 19.6 Å². The van der Waals surface area contributed by atoms with Crippen molar-refractivity contribution in [1.82, 2.24) is 4.90 Å². The van der Waals surface area contributed by atoms with Crippen molar-refractivity contribution in [2.45, 2.75) is 39.2 Å². The van der Waals surface area contributed by atoms with Gasteiger partial charge >= 0.3 is 0 Å². The lowest BCUT2D eigenvalue weighted by atomic mass is 10.1. The number of amides is 1. The Hall–Kier alpha value is -1.26. The minimum atomic E-state index is 0. The normalized spacial score (nSPS) is 17.5. The third kappa shape index (κ3) is 4.61. The van der Waals surface area contributed by atoms with Gasteiger partial charge in [-0.15, -0.1) is 12.4 Å². The Morgan fingerprint density at radius 3 is 2.86 bits per heavy atom. The number of ether oxygens (including phenoxy) is 1. The molecule has 0 spiro atoms. The van der Waals surface area contributed by atoms with Crippen LogP contribution in [0.5, 0.6) is 5.75 Å². The number of carbonyl (C=O) groups excluding carboxylic acids is 1. The minimum Gasteiger partial charge on any atom is -0.493 e. The van der Waals surface area contributed by atoms with Crippen LogP contribution >= 0.6 is 12.4 Å². The summed E-state index contributed by atoms with van der Waals surface area (Å²) in [5.74, 6) is 1.02. The number of hydrogen-bond acceptors (Lipinski definition) is 3. The van der Waals surface area contributed by atoms with E-state index in [0.717, 1.165) is 30.7 Å². The molecule has 4 nitrogen and oxygen atoms in total. The molecular formula is C16H25ClN2O2. The standard InChI is InChI=1S/C16H24N2O2.ClH/c1-12-5-6-15(13(2)10-12)20-9-7-16(19)18-8-3-4-14(18)11-17;/h5-6,10,14H,3-4,7-9,11,17H2,1-2H3;1H. The van der Waals surface area contributed by atoms with E-state index < -0.39 is 0 Å². The van der Waals surface area contributed by atoms with Gasteiger partial charge in [0.2, 0.25) is 5.91 Å². The van der Waals surface area contributed by atoms with Gasteiger partial charge in [-0.25, -0.2) is 0 Å². The first kappa shape index (κ1) is 17.8. The van der Waals surface area contributed by atoms with Crippen molar-refractivity contribution in [1.29, 1.82) is 0 Å². The van der Waals surface area contributed by atoms with E-state index in [9.17, 15) is 4.79 Å². The first-order valence-corrected chi connectivity index (χ1v) is 7.31. The van der Waals surface area contributed by atoms with Gasteiger partial charge in [0.25, 0.3) is 0 Å². The lowest BCUT2D eigenvalue weighted by Gasteiger charge is -2.23. The lowest BCUT2D eigenvalue weighted by Crippen LogP contribution is -2.40. The fourth-order valence-electron chi connectivity index (χ4n) is 2.76. The lowest BCUT2D eigenvalue weighted by molar-refractivity contribution is -0.132. The Bertz CT molecular complexity index is 479. The highest BCUT2D eigenvalue weighted by Gasteiger charge is 2.26. The molecule has 2 rings (SSSR count). The summed E-state index contributed by atoms with van der Waals surface area (Å²) in [4.78, 5) is 14.0. The number of nitrogens with two attached hydrogens (primary N) is 1. The molecule has 1 atom stereocenters. The average molecular weight is 313 g/mol. The zero-order valence-electron chi connectivity index (χ0n) is 12.8. The van der Waals surface area contributed by atoms with Gasteiger partial charge in [0.05, 0.1) is 13.0 Å². The summed E-state index contributed by atoms with van der Waals surface area (Å²) in [7, 11) is 0. The molecule has 2 N–H and O–H groups in total. The number of aryl methyl sites for hydroxylation is 2. The highest BCUT2D eigenvalue weighted by Crippen LogP contribution is 2.20. The summed E-state index contributed by atoms with van der Waals surface area (Å²) < 4.78 is 5.71. The molecule has 1 heterocycles. The van der Waals surface area contributed by atoms with Gasteiger partial charge in [0.1, 0.15) is 5.75 Å².